The van der Waals surface area contributed by atoms with Gasteiger partial charge in [-0.1, -0.05) is 35.9 Å². The van der Waals surface area contributed by atoms with Gasteiger partial charge >= 0.3 is 0 Å². The summed E-state index contributed by atoms with van der Waals surface area (Å²) in [4.78, 5) is 0. The lowest BCUT2D eigenvalue weighted by Gasteiger charge is -2.12. The monoisotopic (exact) mass is 271 g/mol. The van der Waals surface area contributed by atoms with E-state index < -0.39 is 0 Å². The predicted molar refractivity (Wildman–Crippen MR) is 82.3 cm³/mol. The van der Waals surface area contributed by atoms with Gasteiger partial charge in [0, 0.05) is 24.9 Å². The first kappa shape index (κ1) is 14.4. The minimum Gasteiger partial charge on any atom is -0.491 e. The molecule has 1 N–H and O–H groups in total. The quantitative estimate of drug-likeness (QED) is 0.780. The van der Waals surface area contributed by atoms with Crippen LogP contribution >= 0.6 is 0 Å². The second kappa shape index (κ2) is 7.56. The molecule has 0 bridgehead atoms. The minimum atomic E-state index is 0.568. The first-order valence-electron chi connectivity index (χ1n) is 6.80. The van der Waals surface area contributed by atoms with Gasteiger partial charge in [0.1, 0.15) is 12.4 Å². The lowest BCUT2D eigenvalue weighted by atomic mass is 10.2. The fourth-order valence-electron chi connectivity index (χ4n) is 1.89. The van der Waals surface area contributed by atoms with Gasteiger partial charge in [-0.3, -0.25) is 0 Å². The highest BCUT2D eigenvalue weighted by Gasteiger charge is 2.02. The van der Waals surface area contributed by atoms with Crippen LogP contribution in [0.1, 0.15) is 11.1 Å². The molecule has 0 aliphatic heterocycles. The Morgan fingerprint density at radius 2 is 1.70 bits per heavy atom. The number of anilines is 1. The third-order valence-corrected chi connectivity index (χ3v) is 3.05. The van der Waals surface area contributed by atoms with Crippen LogP contribution in [0.2, 0.25) is 0 Å². The summed E-state index contributed by atoms with van der Waals surface area (Å²) in [5.74, 6) is 0.907. The van der Waals surface area contributed by atoms with E-state index in [-0.39, 0.29) is 0 Å². The van der Waals surface area contributed by atoms with Crippen molar-refractivity contribution < 1.29 is 9.47 Å². The van der Waals surface area contributed by atoms with E-state index in [1.165, 1.54) is 5.56 Å². The van der Waals surface area contributed by atoms with Gasteiger partial charge in [-0.15, -0.1) is 0 Å². The molecule has 0 heterocycles. The zero-order valence-corrected chi connectivity index (χ0v) is 12.1. The molecule has 0 saturated carbocycles. The molecule has 0 fully saturated rings. The summed E-state index contributed by atoms with van der Waals surface area (Å²) < 4.78 is 10.7. The number of methoxy groups -OCH3 is 1. The number of aryl methyl sites for hydroxylation is 1. The van der Waals surface area contributed by atoms with Crippen molar-refractivity contribution in [1.82, 2.24) is 0 Å². The SMILES string of the molecule is COCCOc1ccccc1CNc1ccc(C)cc1. The lowest BCUT2D eigenvalue weighted by molar-refractivity contribution is 0.146. The van der Waals surface area contributed by atoms with Gasteiger partial charge < -0.3 is 14.8 Å². The molecule has 0 aromatic heterocycles. The molecule has 0 unspecified atom stereocenters. The Morgan fingerprint density at radius 1 is 0.950 bits per heavy atom. The smallest absolute Gasteiger partial charge is 0.124 e. The van der Waals surface area contributed by atoms with Crippen molar-refractivity contribution in [2.24, 2.45) is 0 Å². The van der Waals surface area contributed by atoms with Crippen LogP contribution in [-0.4, -0.2) is 20.3 Å². The van der Waals surface area contributed by atoms with Crippen LogP contribution in [0.4, 0.5) is 5.69 Å². The van der Waals surface area contributed by atoms with Crippen LogP contribution < -0.4 is 10.1 Å². The molecule has 0 spiro atoms. The maximum atomic E-state index is 5.72. The molecule has 0 aliphatic carbocycles. The number of ether oxygens (including phenoxy) is 2. The largest absolute Gasteiger partial charge is 0.491 e. The summed E-state index contributed by atoms with van der Waals surface area (Å²) >= 11 is 0. The Labute approximate surface area is 120 Å². The molecule has 0 saturated heterocycles. The molecular weight excluding hydrogens is 250 g/mol. The van der Waals surface area contributed by atoms with E-state index in [0.717, 1.165) is 23.5 Å². The number of nitrogens with one attached hydrogen (secondary N) is 1. The lowest BCUT2D eigenvalue weighted by Crippen LogP contribution is -2.07. The van der Waals surface area contributed by atoms with Crippen molar-refractivity contribution in [3.05, 3.63) is 59.7 Å². The number of hydrogen-bond acceptors (Lipinski definition) is 3. The van der Waals surface area contributed by atoms with Gasteiger partial charge in [0.25, 0.3) is 0 Å². The summed E-state index contributed by atoms with van der Waals surface area (Å²) in [5.41, 5.74) is 3.52. The van der Waals surface area contributed by atoms with Crippen molar-refractivity contribution in [2.75, 3.05) is 25.6 Å². The van der Waals surface area contributed by atoms with Gasteiger partial charge in [-0.25, -0.2) is 0 Å². The standard InChI is InChI=1S/C17H21NO2/c1-14-7-9-16(10-8-14)18-13-15-5-3-4-6-17(15)20-12-11-19-2/h3-10,18H,11-13H2,1-2H3. The highest BCUT2D eigenvalue weighted by atomic mass is 16.5. The minimum absolute atomic E-state index is 0.568. The molecule has 2 rings (SSSR count). The van der Waals surface area contributed by atoms with E-state index in [4.69, 9.17) is 9.47 Å². The van der Waals surface area contributed by atoms with Gasteiger partial charge in [0.15, 0.2) is 0 Å². The van der Waals surface area contributed by atoms with Crippen molar-refractivity contribution in [2.45, 2.75) is 13.5 Å². The summed E-state index contributed by atoms with van der Waals surface area (Å²) in [6.45, 7) is 3.99. The maximum Gasteiger partial charge on any atom is 0.124 e. The van der Waals surface area contributed by atoms with E-state index in [9.17, 15) is 0 Å². The van der Waals surface area contributed by atoms with Gasteiger partial charge in [0.2, 0.25) is 0 Å². The predicted octanol–water partition coefficient (Wildman–Crippen LogP) is 3.63. The Morgan fingerprint density at radius 3 is 2.45 bits per heavy atom. The highest BCUT2D eigenvalue weighted by Crippen LogP contribution is 2.19. The average Bonchev–Trinajstić information content (AvgIpc) is 2.48. The second-order valence-electron chi connectivity index (χ2n) is 4.67. The summed E-state index contributed by atoms with van der Waals surface area (Å²) in [6.07, 6.45) is 0. The van der Waals surface area contributed by atoms with Gasteiger partial charge in [-0.05, 0) is 25.1 Å². The second-order valence-corrected chi connectivity index (χ2v) is 4.67. The van der Waals surface area contributed by atoms with Crippen LogP contribution in [0.5, 0.6) is 5.75 Å². The molecule has 0 aliphatic rings. The van der Waals surface area contributed by atoms with Gasteiger partial charge in [0.05, 0.1) is 6.61 Å². The Kier molecular flexibility index (Phi) is 5.44. The third-order valence-electron chi connectivity index (χ3n) is 3.05. The van der Waals surface area contributed by atoms with Crippen LogP contribution in [0, 0.1) is 6.92 Å². The molecule has 106 valence electrons. The zero-order valence-electron chi connectivity index (χ0n) is 12.1. The molecule has 0 atom stereocenters. The zero-order chi connectivity index (χ0) is 14.2. The topological polar surface area (TPSA) is 30.5 Å². The number of rotatable bonds is 7. The molecule has 2 aromatic rings. The fourth-order valence-corrected chi connectivity index (χ4v) is 1.89. The molecule has 20 heavy (non-hydrogen) atoms. The molecular formula is C17H21NO2. The van der Waals surface area contributed by atoms with Crippen LogP contribution in [0.3, 0.4) is 0 Å². The number of para-hydroxylation sites is 1. The van der Waals surface area contributed by atoms with Crippen LogP contribution in [0.15, 0.2) is 48.5 Å². The first-order chi connectivity index (χ1) is 9.79. The number of benzene rings is 2. The van der Waals surface area contributed by atoms with Crippen LogP contribution in [-0.2, 0) is 11.3 Å². The first-order valence-corrected chi connectivity index (χ1v) is 6.80. The average molecular weight is 271 g/mol. The van der Waals surface area contributed by atoms with Crippen molar-refractivity contribution in [1.29, 1.82) is 0 Å². The normalized spacial score (nSPS) is 10.3. The van der Waals surface area contributed by atoms with Gasteiger partial charge in [-0.2, -0.15) is 0 Å². The summed E-state index contributed by atoms with van der Waals surface area (Å²) in [6, 6.07) is 16.4. The Bertz CT molecular complexity index is 523. The Balaban J connectivity index is 1.96. The summed E-state index contributed by atoms with van der Waals surface area (Å²) in [7, 11) is 1.67. The van der Waals surface area contributed by atoms with E-state index >= 15 is 0 Å². The molecule has 3 nitrogen and oxygen atoms in total. The van der Waals surface area contributed by atoms with Crippen molar-refractivity contribution in [3.8, 4) is 5.75 Å². The highest BCUT2D eigenvalue weighted by molar-refractivity contribution is 5.46. The number of hydrogen-bond donors (Lipinski definition) is 1. The molecule has 0 amide bonds. The van der Waals surface area contributed by atoms with Crippen LogP contribution in [0.25, 0.3) is 0 Å². The molecule has 2 aromatic carbocycles. The molecule has 0 radical (unpaired) electrons. The maximum absolute atomic E-state index is 5.72. The van der Waals surface area contributed by atoms with Crippen molar-refractivity contribution in [3.63, 3.8) is 0 Å². The fraction of sp³-hybridized carbons (Fsp3) is 0.294. The van der Waals surface area contributed by atoms with Crippen molar-refractivity contribution >= 4 is 5.69 Å². The Hall–Kier alpha value is -2.00. The van der Waals surface area contributed by atoms with E-state index in [1.807, 2.05) is 18.2 Å². The molecule has 3 heteroatoms. The van der Waals surface area contributed by atoms with E-state index in [0.29, 0.717) is 13.2 Å². The van der Waals surface area contributed by atoms with E-state index in [1.54, 1.807) is 7.11 Å². The summed E-state index contributed by atoms with van der Waals surface area (Å²) in [5, 5.41) is 3.41. The van der Waals surface area contributed by atoms with E-state index in [2.05, 4.69) is 42.6 Å². The third kappa shape index (κ3) is 4.28.